The van der Waals surface area contributed by atoms with Crippen LogP contribution in [0.15, 0.2) is 30.5 Å². The van der Waals surface area contributed by atoms with Gasteiger partial charge in [-0.15, -0.1) is 0 Å². The van der Waals surface area contributed by atoms with E-state index in [2.05, 4.69) is 37.5 Å². The zero-order valence-electron chi connectivity index (χ0n) is 18.0. The molecule has 2 N–H and O–H groups in total. The maximum absolute atomic E-state index is 9.04. The molecule has 0 aromatic carbocycles. The quantitative estimate of drug-likeness (QED) is 0.616. The van der Waals surface area contributed by atoms with Crippen molar-refractivity contribution >= 4 is 22.5 Å². The van der Waals surface area contributed by atoms with Crippen molar-refractivity contribution in [1.82, 2.24) is 25.1 Å². The molecular formula is C24H29N7. The summed E-state index contributed by atoms with van der Waals surface area (Å²) in [6.07, 6.45) is 9.67. The van der Waals surface area contributed by atoms with Crippen LogP contribution in [0.4, 0.5) is 11.6 Å². The number of nitrogens with one attached hydrogen (secondary N) is 2. The van der Waals surface area contributed by atoms with E-state index in [0.29, 0.717) is 24.4 Å². The van der Waals surface area contributed by atoms with E-state index in [1.807, 2.05) is 31.3 Å². The maximum atomic E-state index is 9.04. The fraction of sp³-hybridized carbons (Fsp3) is 0.500. The number of hydrogen-bond acceptors (Lipinski definition) is 6. The van der Waals surface area contributed by atoms with Crippen molar-refractivity contribution in [2.24, 2.45) is 5.92 Å². The van der Waals surface area contributed by atoms with Gasteiger partial charge in [0.25, 0.3) is 0 Å². The van der Waals surface area contributed by atoms with Gasteiger partial charge in [-0.25, -0.2) is 4.98 Å². The Morgan fingerprint density at radius 3 is 2.81 bits per heavy atom. The van der Waals surface area contributed by atoms with Gasteiger partial charge in [-0.1, -0.05) is 6.42 Å². The van der Waals surface area contributed by atoms with Crippen molar-refractivity contribution in [3.63, 3.8) is 0 Å². The number of hydrogen-bond donors (Lipinski definition) is 2. The zero-order chi connectivity index (χ0) is 21.2. The molecule has 0 spiro atoms. The van der Waals surface area contributed by atoms with E-state index in [1.54, 1.807) is 0 Å². The Morgan fingerprint density at radius 2 is 2.06 bits per heavy atom. The number of aromatic nitrogens is 4. The number of nitriles is 1. The first-order valence-electron chi connectivity index (χ1n) is 11.4. The second-order valence-corrected chi connectivity index (χ2v) is 9.01. The van der Waals surface area contributed by atoms with Gasteiger partial charge in [0, 0.05) is 54.5 Å². The fourth-order valence-electron chi connectivity index (χ4n) is 5.55. The minimum atomic E-state index is 0.614. The molecule has 3 aromatic heterocycles. The Hall–Kier alpha value is -2.98. The highest BCUT2D eigenvalue weighted by atomic mass is 15.2. The van der Waals surface area contributed by atoms with E-state index in [4.69, 9.17) is 10.2 Å². The zero-order valence-corrected chi connectivity index (χ0v) is 18.0. The summed E-state index contributed by atoms with van der Waals surface area (Å²) in [6.45, 7) is 2.91. The number of rotatable bonds is 6. The molecule has 2 aliphatic heterocycles. The first-order valence-corrected chi connectivity index (χ1v) is 11.4. The molecule has 2 saturated heterocycles. The summed E-state index contributed by atoms with van der Waals surface area (Å²) in [5.41, 5.74) is 3.10. The third-order valence-corrected chi connectivity index (χ3v) is 6.83. The van der Waals surface area contributed by atoms with Crippen molar-refractivity contribution in [2.75, 3.05) is 11.9 Å². The number of H-pyrrole nitrogens is 1. The van der Waals surface area contributed by atoms with E-state index in [-0.39, 0.29) is 0 Å². The SMILES string of the molecule is Cc1cc(Nc2cc3ncccc3c(CC3C[C@H]4CCC[C@@H](C3)N4CCC#N)n2)n[nH]1. The van der Waals surface area contributed by atoms with E-state index in [0.717, 1.165) is 46.9 Å². The standard InChI is InChI=1S/C24H29N7/c1-16-11-24(30-29-16)28-23-15-21-20(7-3-9-26-21)22(27-23)14-17-12-18-5-2-6-19(13-17)31(18)10-4-8-25/h3,7,9,11,15,17-19H,2,4-6,10,12-14H2,1H3,(H2,27,28,29,30)/t17?,18-,19+. The maximum Gasteiger partial charge on any atom is 0.153 e. The molecule has 3 aromatic rings. The van der Waals surface area contributed by atoms with Crippen LogP contribution >= 0.6 is 0 Å². The lowest BCUT2D eigenvalue weighted by atomic mass is 9.76. The minimum Gasteiger partial charge on any atom is -0.323 e. The third-order valence-electron chi connectivity index (χ3n) is 6.83. The second kappa shape index (κ2) is 8.64. The molecule has 160 valence electrons. The topological polar surface area (TPSA) is 93.5 Å². The average Bonchev–Trinajstić information content (AvgIpc) is 3.16. The number of anilines is 2. The molecule has 1 unspecified atom stereocenters. The molecule has 0 amide bonds. The van der Waals surface area contributed by atoms with Crippen LogP contribution in [0.5, 0.6) is 0 Å². The van der Waals surface area contributed by atoms with E-state index < -0.39 is 0 Å². The molecule has 7 heteroatoms. The Bertz CT molecular complexity index is 1080. The summed E-state index contributed by atoms with van der Waals surface area (Å²) in [5, 5.41) is 20.8. The molecular weight excluding hydrogens is 386 g/mol. The second-order valence-electron chi connectivity index (χ2n) is 9.01. The number of fused-ring (bicyclic) bond motifs is 3. The van der Waals surface area contributed by atoms with Crippen molar-refractivity contribution in [1.29, 1.82) is 5.26 Å². The highest BCUT2D eigenvalue weighted by molar-refractivity contribution is 5.83. The lowest BCUT2D eigenvalue weighted by Crippen LogP contribution is -2.52. The van der Waals surface area contributed by atoms with Gasteiger partial charge < -0.3 is 5.32 Å². The Kier molecular flexibility index (Phi) is 5.56. The summed E-state index contributed by atoms with van der Waals surface area (Å²) in [6, 6.07) is 11.7. The summed E-state index contributed by atoms with van der Waals surface area (Å²) < 4.78 is 0. The van der Waals surface area contributed by atoms with Gasteiger partial charge in [0.05, 0.1) is 17.3 Å². The monoisotopic (exact) mass is 415 g/mol. The summed E-state index contributed by atoms with van der Waals surface area (Å²) in [5.74, 6) is 2.18. The number of piperidine rings is 2. The highest BCUT2D eigenvalue weighted by Gasteiger charge is 2.38. The van der Waals surface area contributed by atoms with Crippen molar-refractivity contribution in [3.8, 4) is 6.07 Å². The lowest BCUT2D eigenvalue weighted by molar-refractivity contribution is 0.0154. The molecule has 3 atom stereocenters. The molecule has 2 aliphatic rings. The van der Waals surface area contributed by atoms with Gasteiger partial charge in [0.1, 0.15) is 5.82 Å². The number of aromatic amines is 1. The summed E-state index contributed by atoms with van der Waals surface area (Å²) >= 11 is 0. The van der Waals surface area contributed by atoms with Crippen LogP contribution in [0.3, 0.4) is 0 Å². The van der Waals surface area contributed by atoms with E-state index >= 15 is 0 Å². The van der Waals surface area contributed by atoms with Gasteiger partial charge in [-0.2, -0.15) is 10.4 Å². The van der Waals surface area contributed by atoms with Crippen molar-refractivity contribution in [2.45, 2.75) is 64.0 Å². The molecule has 0 radical (unpaired) electrons. The summed E-state index contributed by atoms with van der Waals surface area (Å²) in [4.78, 5) is 12.2. The predicted octanol–water partition coefficient (Wildman–Crippen LogP) is 4.49. The molecule has 0 aliphatic carbocycles. The average molecular weight is 416 g/mol. The molecule has 5 heterocycles. The van der Waals surface area contributed by atoms with Crippen LogP contribution in [0.2, 0.25) is 0 Å². The minimum absolute atomic E-state index is 0.614. The predicted molar refractivity (Wildman–Crippen MR) is 121 cm³/mol. The molecule has 2 fully saturated rings. The summed E-state index contributed by atoms with van der Waals surface area (Å²) in [7, 11) is 0. The van der Waals surface area contributed by atoms with Crippen LogP contribution < -0.4 is 5.32 Å². The van der Waals surface area contributed by atoms with Gasteiger partial charge >= 0.3 is 0 Å². The van der Waals surface area contributed by atoms with Crippen LogP contribution in [0, 0.1) is 24.2 Å². The molecule has 5 rings (SSSR count). The van der Waals surface area contributed by atoms with Crippen LogP contribution in [0.25, 0.3) is 10.9 Å². The molecule has 31 heavy (non-hydrogen) atoms. The van der Waals surface area contributed by atoms with Gasteiger partial charge in [0.2, 0.25) is 0 Å². The van der Waals surface area contributed by atoms with Crippen LogP contribution in [-0.2, 0) is 6.42 Å². The normalized spacial score (nSPS) is 23.5. The Balaban J connectivity index is 1.39. The number of nitrogens with zero attached hydrogens (tertiary/aromatic N) is 5. The van der Waals surface area contributed by atoms with E-state index in [9.17, 15) is 0 Å². The van der Waals surface area contributed by atoms with Crippen molar-refractivity contribution in [3.05, 3.63) is 41.9 Å². The van der Waals surface area contributed by atoms with Crippen molar-refractivity contribution < 1.29 is 0 Å². The molecule has 0 saturated carbocycles. The van der Waals surface area contributed by atoms with E-state index in [1.165, 1.54) is 32.1 Å². The van der Waals surface area contributed by atoms with Crippen LogP contribution in [0.1, 0.15) is 49.9 Å². The largest absolute Gasteiger partial charge is 0.323 e. The van der Waals surface area contributed by atoms with Gasteiger partial charge in [-0.3, -0.25) is 15.0 Å². The highest BCUT2D eigenvalue weighted by Crippen LogP contribution is 2.39. The van der Waals surface area contributed by atoms with Gasteiger partial charge in [-0.05, 0) is 57.1 Å². The molecule has 2 bridgehead atoms. The van der Waals surface area contributed by atoms with Crippen LogP contribution in [-0.4, -0.2) is 43.7 Å². The smallest absolute Gasteiger partial charge is 0.153 e. The Morgan fingerprint density at radius 1 is 1.23 bits per heavy atom. The number of aryl methyl sites for hydroxylation is 1. The van der Waals surface area contributed by atoms with Gasteiger partial charge in [0.15, 0.2) is 5.82 Å². The lowest BCUT2D eigenvalue weighted by Gasteiger charge is -2.49. The fourth-order valence-corrected chi connectivity index (χ4v) is 5.55. The first-order chi connectivity index (χ1) is 15.2. The number of pyridine rings is 2. The first kappa shape index (κ1) is 20.0. The Labute approximate surface area is 182 Å². The third kappa shape index (κ3) is 4.26. The molecule has 7 nitrogen and oxygen atoms in total.